The maximum absolute atomic E-state index is 12.1. The van der Waals surface area contributed by atoms with E-state index in [9.17, 15) is 14.4 Å². The van der Waals surface area contributed by atoms with E-state index in [2.05, 4.69) is 10.5 Å². The minimum Gasteiger partial charge on any atom is -0.481 e. The molecule has 2 atom stereocenters. The SMILES string of the molecule is Cc1cc(NC(=O)C(C)SCC(=O)N2CCC(C(=O)O)C2)no1. The summed E-state index contributed by atoms with van der Waals surface area (Å²) in [5, 5.41) is 14.8. The molecule has 1 aliphatic rings. The maximum atomic E-state index is 12.1. The molecule has 0 saturated carbocycles. The number of aliphatic carboxylic acids is 1. The molecule has 2 N–H and O–H groups in total. The van der Waals surface area contributed by atoms with Crippen molar-refractivity contribution >= 4 is 35.4 Å². The van der Waals surface area contributed by atoms with Gasteiger partial charge in [-0.05, 0) is 20.3 Å². The lowest BCUT2D eigenvalue weighted by atomic mass is 10.1. The van der Waals surface area contributed by atoms with Gasteiger partial charge in [-0.2, -0.15) is 0 Å². The highest BCUT2D eigenvalue weighted by atomic mass is 32.2. The zero-order chi connectivity index (χ0) is 17.0. The van der Waals surface area contributed by atoms with Crippen LogP contribution in [0.4, 0.5) is 5.82 Å². The third-order valence-electron chi connectivity index (χ3n) is 3.60. The van der Waals surface area contributed by atoms with E-state index >= 15 is 0 Å². The first kappa shape index (κ1) is 17.3. The number of rotatable bonds is 6. The minimum atomic E-state index is -0.872. The summed E-state index contributed by atoms with van der Waals surface area (Å²) in [6.45, 7) is 4.12. The van der Waals surface area contributed by atoms with Crippen LogP contribution in [0.5, 0.6) is 0 Å². The van der Waals surface area contributed by atoms with Crippen molar-refractivity contribution in [2.45, 2.75) is 25.5 Å². The summed E-state index contributed by atoms with van der Waals surface area (Å²) >= 11 is 1.21. The monoisotopic (exact) mass is 341 g/mol. The maximum Gasteiger partial charge on any atom is 0.308 e. The number of nitrogens with zero attached hydrogens (tertiary/aromatic N) is 2. The summed E-state index contributed by atoms with van der Waals surface area (Å²) in [4.78, 5) is 36.5. The number of nitrogens with one attached hydrogen (secondary N) is 1. The highest BCUT2D eigenvalue weighted by Gasteiger charge is 2.31. The van der Waals surface area contributed by atoms with E-state index in [4.69, 9.17) is 9.63 Å². The van der Waals surface area contributed by atoms with Gasteiger partial charge >= 0.3 is 5.97 Å². The largest absolute Gasteiger partial charge is 0.481 e. The molecule has 2 heterocycles. The van der Waals surface area contributed by atoms with Crippen LogP contribution in [0.1, 0.15) is 19.1 Å². The first-order valence-electron chi connectivity index (χ1n) is 7.23. The number of amides is 2. The Balaban J connectivity index is 1.75. The Kier molecular flexibility index (Phi) is 5.64. The van der Waals surface area contributed by atoms with Crippen LogP contribution in [0.3, 0.4) is 0 Å². The highest BCUT2D eigenvalue weighted by Crippen LogP contribution is 2.19. The molecule has 8 nitrogen and oxygen atoms in total. The first-order valence-corrected chi connectivity index (χ1v) is 8.28. The fraction of sp³-hybridized carbons (Fsp3) is 0.571. The predicted octanol–water partition coefficient (Wildman–Crippen LogP) is 0.976. The van der Waals surface area contributed by atoms with Crippen LogP contribution >= 0.6 is 11.8 Å². The van der Waals surface area contributed by atoms with Crippen molar-refractivity contribution in [3.05, 3.63) is 11.8 Å². The Morgan fingerprint density at radius 3 is 2.87 bits per heavy atom. The van der Waals surface area contributed by atoms with Gasteiger partial charge in [0.05, 0.1) is 16.9 Å². The molecule has 1 aliphatic heterocycles. The van der Waals surface area contributed by atoms with Crippen LogP contribution in [0, 0.1) is 12.8 Å². The summed E-state index contributed by atoms with van der Waals surface area (Å²) in [5.41, 5.74) is 0. The van der Waals surface area contributed by atoms with Gasteiger partial charge in [-0.3, -0.25) is 14.4 Å². The lowest BCUT2D eigenvalue weighted by molar-refractivity contribution is -0.141. The summed E-state index contributed by atoms with van der Waals surface area (Å²) in [6, 6.07) is 1.61. The van der Waals surface area contributed by atoms with Crippen molar-refractivity contribution in [1.82, 2.24) is 10.1 Å². The summed E-state index contributed by atoms with van der Waals surface area (Å²) in [7, 11) is 0. The number of likely N-dealkylation sites (tertiary alicyclic amines) is 1. The molecule has 126 valence electrons. The Bertz CT molecular complexity index is 603. The van der Waals surface area contributed by atoms with Gasteiger partial charge in [-0.25, -0.2) is 0 Å². The molecule has 1 fully saturated rings. The molecule has 2 unspecified atom stereocenters. The van der Waals surface area contributed by atoms with E-state index in [0.29, 0.717) is 24.5 Å². The van der Waals surface area contributed by atoms with E-state index in [1.807, 2.05) is 0 Å². The van der Waals surface area contributed by atoms with E-state index in [0.717, 1.165) is 0 Å². The number of carboxylic acids is 1. The van der Waals surface area contributed by atoms with Gasteiger partial charge in [-0.1, -0.05) is 5.16 Å². The van der Waals surface area contributed by atoms with Crippen LogP contribution in [0.25, 0.3) is 0 Å². The fourth-order valence-electron chi connectivity index (χ4n) is 2.20. The zero-order valence-corrected chi connectivity index (χ0v) is 13.8. The molecule has 2 amide bonds. The lowest BCUT2D eigenvalue weighted by Crippen LogP contribution is -2.32. The van der Waals surface area contributed by atoms with Gasteiger partial charge in [0.1, 0.15) is 5.76 Å². The molecule has 0 aromatic carbocycles. The molecule has 2 rings (SSSR count). The Morgan fingerprint density at radius 1 is 1.57 bits per heavy atom. The average Bonchev–Trinajstić information content (AvgIpc) is 3.13. The Morgan fingerprint density at radius 2 is 2.30 bits per heavy atom. The zero-order valence-electron chi connectivity index (χ0n) is 12.9. The average molecular weight is 341 g/mol. The smallest absolute Gasteiger partial charge is 0.308 e. The number of carbonyl (C=O) groups is 3. The normalized spacial score (nSPS) is 18.7. The third-order valence-corrected chi connectivity index (χ3v) is 4.72. The molecule has 9 heteroatoms. The van der Waals surface area contributed by atoms with Crippen molar-refractivity contribution in [2.75, 3.05) is 24.2 Å². The minimum absolute atomic E-state index is 0.138. The van der Waals surface area contributed by atoms with E-state index in [1.165, 1.54) is 16.7 Å². The van der Waals surface area contributed by atoms with Gasteiger partial charge < -0.3 is 19.8 Å². The quantitative estimate of drug-likeness (QED) is 0.793. The van der Waals surface area contributed by atoms with Crippen LogP contribution in [-0.4, -0.2) is 57.0 Å². The summed E-state index contributed by atoms with van der Waals surface area (Å²) in [5.74, 6) is -0.688. The first-order chi connectivity index (χ1) is 10.9. The van der Waals surface area contributed by atoms with E-state index < -0.39 is 17.1 Å². The molecular formula is C14H19N3O5S. The van der Waals surface area contributed by atoms with Gasteiger partial charge in [0.25, 0.3) is 0 Å². The molecule has 0 bridgehead atoms. The van der Waals surface area contributed by atoms with E-state index in [-0.39, 0.29) is 24.1 Å². The van der Waals surface area contributed by atoms with Gasteiger partial charge in [-0.15, -0.1) is 11.8 Å². The second kappa shape index (κ2) is 7.49. The van der Waals surface area contributed by atoms with E-state index in [1.54, 1.807) is 19.9 Å². The third kappa shape index (κ3) is 4.72. The van der Waals surface area contributed by atoms with Crippen LogP contribution in [-0.2, 0) is 14.4 Å². The molecule has 0 spiro atoms. The highest BCUT2D eigenvalue weighted by molar-refractivity contribution is 8.01. The molecule has 1 aromatic rings. The van der Waals surface area contributed by atoms with Crippen LogP contribution in [0.15, 0.2) is 10.6 Å². The lowest BCUT2D eigenvalue weighted by Gasteiger charge is -2.17. The number of aromatic nitrogens is 1. The number of thioether (sulfide) groups is 1. The van der Waals surface area contributed by atoms with Crippen LogP contribution < -0.4 is 5.32 Å². The summed E-state index contributed by atoms with van der Waals surface area (Å²) < 4.78 is 4.86. The summed E-state index contributed by atoms with van der Waals surface area (Å²) in [6.07, 6.45) is 0.479. The number of hydrogen-bond acceptors (Lipinski definition) is 6. The molecule has 0 aliphatic carbocycles. The molecule has 0 radical (unpaired) electrons. The van der Waals surface area contributed by atoms with Crippen molar-refractivity contribution in [3.8, 4) is 0 Å². The molecule has 23 heavy (non-hydrogen) atoms. The van der Waals surface area contributed by atoms with Gasteiger partial charge in [0.15, 0.2) is 5.82 Å². The van der Waals surface area contributed by atoms with Crippen molar-refractivity contribution < 1.29 is 24.0 Å². The number of carboxylic acid groups (broad SMARTS) is 1. The Hall–Kier alpha value is -2.03. The molecular weight excluding hydrogens is 322 g/mol. The standard InChI is InChI=1S/C14H19N3O5S/c1-8-5-11(16-22-8)15-13(19)9(2)23-7-12(18)17-4-3-10(6-17)14(20)21/h5,9-10H,3-4,6-7H2,1-2H3,(H,20,21)(H,15,16,19). The molecule has 1 aromatic heterocycles. The number of carbonyl (C=O) groups excluding carboxylic acids is 2. The van der Waals surface area contributed by atoms with Crippen molar-refractivity contribution in [1.29, 1.82) is 0 Å². The number of anilines is 1. The second-order valence-electron chi connectivity index (χ2n) is 5.43. The van der Waals surface area contributed by atoms with Crippen molar-refractivity contribution in [3.63, 3.8) is 0 Å². The van der Waals surface area contributed by atoms with Crippen molar-refractivity contribution in [2.24, 2.45) is 5.92 Å². The van der Waals surface area contributed by atoms with Gasteiger partial charge in [0.2, 0.25) is 11.8 Å². The predicted molar refractivity (Wildman–Crippen MR) is 84.1 cm³/mol. The topological polar surface area (TPSA) is 113 Å². The fourth-order valence-corrected chi connectivity index (χ4v) is 2.99. The van der Waals surface area contributed by atoms with Crippen LogP contribution in [0.2, 0.25) is 0 Å². The Labute approximate surface area is 137 Å². The number of aryl methyl sites for hydroxylation is 1. The molecule has 1 saturated heterocycles. The second-order valence-corrected chi connectivity index (χ2v) is 6.76. The van der Waals surface area contributed by atoms with Gasteiger partial charge in [0, 0.05) is 19.2 Å². The number of hydrogen-bond donors (Lipinski definition) is 2.